The number of hydrogen-bond acceptors (Lipinski definition) is 10. The third-order valence-corrected chi connectivity index (χ3v) is 10.9. The monoisotopic (exact) mass is 677 g/mol. The number of benzene rings is 2. The van der Waals surface area contributed by atoms with Crippen LogP contribution in [0.5, 0.6) is 0 Å². The van der Waals surface area contributed by atoms with Crippen LogP contribution in [0.25, 0.3) is 10.2 Å². The van der Waals surface area contributed by atoms with Gasteiger partial charge >= 0.3 is 12.1 Å². The third-order valence-electron chi connectivity index (χ3n) is 9.94. The first-order valence-electron chi connectivity index (χ1n) is 16.8. The van der Waals surface area contributed by atoms with Crippen molar-refractivity contribution >= 4 is 39.5 Å². The standard InChI is InChI=1S/C38H47NO8S/c1-7-12-27-34(41)23(2)13-11-18-38(6)32(47-38)20-29(26-16-17-30-28(19-26)39-24(3)48-30)45-33(40)21-31(37(4,5)35(27)42)46-36(43)44-22-25-14-9-8-10-15-25/h7-10,14-17,19,23,27,29,31-32,34,41H,1,11-13,18,20-22H2,2-6H3/t23-,27+,29-,31-,32-,34-,38+/m0/s1. The van der Waals surface area contributed by atoms with Gasteiger partial charge in [-0.2, -0.15) is 0 Å². The van der Waals surface area contributed by atoms with Crippen LogP contribution in [0.2, 0.25) is 0 Å². The average Bonchev–Trinajstić information content (AvgIpc) is 3.52. The Hall–Kier alpha value is -3.60. The fourth-order valence-electron chi connectivity index (χ4n) is 6.74. The number of esters is 1. The molecule has 2 saturated heterocycles. The van der Waals surface area contributed by atoms with Gasteiger partial charge in [-0.05, 0) is 76.1 Å². The summed E-state index contributed by atoms with van der Waals surface area (Å²) in [6, 6.07) is 15.0. The van der Waals surface area contributed by atoms with Gasteiger partial charge in [0.25, 0.3) is 0 Å². The summed E-state index contributed by atoms with van der Waals surface area (Å²) in [5, 5.41) is 12.4. The summed E-state index contributed by atoms with van der Waals surface area (Å²) < 4.78 is 24.6. The van der Waals surface area contributed by atoms with E-state index in [1.165, 1.54) is 0 Å². The molecular formula is C38H47NO8S. The topological polar surface area (TPSA) is 125 Å². The molecule has 0 unspecified atom stereocenters. The van der Waals surface area contributed by atoms with Crippen molar-refractivity contribution in [2.75, 3.05) is 0 Å². The van der Waals surface area contributed by atoms with E-state index in [0.29, 0.717) is 12.8 Å². The van der Waals surface area contributed by atoms with Crippen LogP contribution >= 0.6 is 11.3 Å². The molecule has 2 aromatic carbocycles. The molecule has 5 rings (SSSR count). The van der Waals surface area contributed by atoms with Crippen molar-refractivity contribution in [1.29, 1.82) is 0 Å². The first kappa shape index (κ1) is 35.7. The molecule has 0 spiro atoms. The summed E-state index contributed by atoms with van der Waals surface area (Å²) >= 11 is 1.60. The number of hydrogen-bond donors (Lipinski definition) is 1. The van der Waals surface area contributed by atoms with Crippen LogP contribution in [0.3, 0.4) is 0 Å². The number of nitrogens with zero attached hydrogens (tertiary/aromatic N) is 1. The van der Waals surface area contributed by atoms with E-state index in [2.05, 4.69) is 18.5 Å². The normalized spacial score (nSPS) is 29.8. The molecule has 2 fully saturated rings. The van der Waals surface area contributed by atoms with E-state index in [4.69, 9.17) is 18.9 Å². The van der Waals surface area contributed by atoms with E-state index < -0.39 is 48.2 Å². The summed E-state index contributed by atoms with van der Waals surface area (Å²) in [7, 11) is 0. The van der Waals surface area contributed by atoms with Crippen LogP contribution in [0.15, 0.2) is 61.2 Å². The predicted molar refractivity (Wildman–Crippen MR) is 183 cm³/mol. The molecular weight excluding hydrogens is 630 g/mol. The number of cyclic esters (lactones) is 1. The molecule has 10 heteroatoms. The molecule has 0 aliphatic carbocycles. The Morgan fingerprint density at radius 2 is 1.92 bits per heavy atom. The molecule has 0 amide bonds. The highest BCUT2D eigenvalue weighted by Crippen LogP contribution is 2.47. The minimum Gasteiger partial charge on any atom is -0.457 e. The Kier molecular flexibility index (Phi) is 11.1. The van der Waals surface area contributed by atoms with Crippen LogP contribution in [-0.2, 0) is 35.1 Å². The average molecular weight is 678 g/mol. The number of ether oxygens (including phenoxy) is 4. The third kappa shape index (κ3) is 8.33. The molecule has 7 atom stereocenters. The number of Topliss-reactive ketones (excluding diaryl/α,β-unsaturated/α-hetero) is 1. The minimum absolute atomic E-state index is 0.0403. The summed E-state index contributed by atoms with van der Waals surface area (Å²) in [6.07, 6.45) is 0.128. The summed E-state index contributed by atoms with van der Waals surface area (Å²) in [5.74, 6) is -1.98. The summed E-state index contributed by atoms with van der Waals surface area (Å²) in [6.45, 7) is 13.0. The number of fused-ring (bicyclic) bond motifs is 2. The Morgan fingerprint density at radius 3 is 2.65 bits per heavy atom. The van der Waals surface area contributed by atoms with Crippen LogP contribution in [0, 0.1) is 24.2 Å². The van der Waals surface area contributed by atoms with E-state index in [0.717, 1.165) is 39.2 Å². The van der Waals surface area contributed by atoms with E-state index in [9.17, 15) is 19.5 Å². The van der Waals surface area contributed by atoms with Crippen molar-refractivity contribution < 1.29 is 38.4 Å². The van der Waals surface area contributed by atoms with Crippen LogP contribution in [0.1, 0.15) is 88.5 Å². The number of aliphatic hydroxyl groups is 1. The van der Waals surface area contributed by atoms with Gasteiger partial charge in [-0.15, -0.1) is 17.9 Å². The molecule has 2 aliphatic heterocycles. The zero-order chi connectivity index (χ0) is 34.6. The number of allylic oxidation sites excluding steroid dienone is 1. The van der Waals surface area contributed by atoms with Crippen molar-refractivity contribution in [3.05, 3.63) is 77.3 Å². The number of aliphatic hydroxyl groups excluding tert-OH is 1. The largest absolute Gasteiger partial charge is 0.508 e. The lowest BCUT2D eigenvalue weighted by atomic mass is 9.71. The molecule has 3 aromatic rings. The van der Waals surface area contributed by atoms with Crippen LogP contribution < -0.4 is 0 Å². The smallest absolute Gasteiger partial charge is 0.457 e. The van der Waals surface area contributed by atoms with E-state index in [1.807, 2.05) is 62.4 Å². The van der Waals surface area contributed by atoms with Gasteiger partial charge in [0.2, 0.25) is 0 Å². The maximum atomic E-state index is 14.3. The summed E-state index contributed by atoms with van der Waals surface area (Å²) in [5.41, 5.74) is 0.599. The molecule has 48 heavy (non-hydrogen) atoms. The maximum absolute atomic E-state index is 14.3. The number of aryl methyl sites for hydroxylation is 1. The van der Waals surface area contributed by atoms with Gasteiger partial charge in [0, 0.05) is 12.3 Å². The lowest BCUT2D eigenvalue weighted by Crippen LogP contribution is -2.48. The SMILES string of the molecule is C=CC[C@H]1C(=O)C(C)(C)[C@@H](OC(=O)OCc2ccccc2)CC(=O)O[C@H](c2ccc3sc(C)nc3c2)C[C@@H]2O[C@]2(C)CCC[C@H](C)[C@@H]1O. The van der Waals surface area contributed by atoms with Crippen molar-refractivity contribution in [1.82, 2.24) is 4.98 Å². The van der Waals surface area contributed by atoms with Crippen molar-refractivity contribution in [3.8, 4) is 0 Å². The molecule has 0 saturated carbocycles. The lowest BCUT2D eigenvalue weighted by molar-refractivity contribution is -0.157. The molecule has 3 heterocycles. The number of rotatable bonds is 6. The first-order valence-corrected chi connectivity index (χ1v) is 17.6. The zero-order valence-corrected chi connectivity index (χ0v) is 29.3. The highest BCUT2D eigenvalue weighted by atomic mass is 32.1. The molecule has 258 valence electrons. The van der Waals surface area contributed by atoms with Gasteiger partial charge in [-0.3, -0.25) is 9.59 Å². The highest BCUT2D eigenvalue weighted by Gasteiger charge is 2.53. The molecule has 0 radical (unpaired) electrons. The van der Waals surface area contributed by atoms with Crippen molar-refractivity contribution in [3.63, 3.8) is 0 Å². The zero-order valence-electron chi connectivity index (χ0n) is 28.5. The number of carbonyl (C=O) groups excluding carboxylic acids is 3. The first-order chi connectivity index (χ1) is 22.8. The molecule has 9 nitrogen and oxygen atoms in total. The van der Waals surface area contributed by atoms with Gasteiger partial charge in [0.1, 0.15) is 24.6 Å². The number of epoxide rings is 1. The van der Waals surface area contributed by atoms with Crippen molar-refractivity contribution in [2.24, 2.45) is 17.3 Å². The van der Waals surface area contributed by atoms with Crippen LogP contribution in [-0.4, -0.2) is 51.9 Å². The van der Waals surface area contributed by atoms with Crippen molar-refractivity contribution in [2.45, 2.75) is 110 Å². The number of ketones is 1. The summed E-state index contributed by atoms with van der Waals surface area (Å²) in [4.78, 5) is 45.8. The number of thiazole rings is 1. The van der Waals surface area contributed by atoms with Gasteiger partial charge in [0.15, 0.2) is 0 Å². The second-order valence-corrected chi connectivity index (χ2v) is 15.2. The van der Waals surface area contributed by atoms with E-state index >= 15 is 0 Å². The van der Waals surface area contributed by atoms with E-state index in [-0.39, 0.29) is 36.4 Å². The highest BCUT2D eigenvalue weighted by molar-refractivity contribution is 7.18. The van der Waals surface area contributed by atoms with Gasteiger partial charge in [-0.1, -0.05) is 55.8 Å². The Morgan fingerprint density at radius 1 is 1.17 bits per heavy atom. The van der Waals surface area contributed by atoms with Gasteiger partial charge < -0.3 is 24.1 Å². The Bertz CT molecular complexity index is 1620. The molecule has 1 aromatic heterocycles. The maximum Gasteiger partial charge on any atom is 0.508 e. The van der Waals surface area contributed by atoms with Gasteiger partial charge in [-0.25, -0.2) is 9.78 Å². The second-order valence-electron chi connectivity index (χ2n) is 14.0. The lowest BCUT2D eigenvalue weighted by Gasteiger charge is -2.37. The number of carbonyl (C=O) groups is 3. The quantitative estimate of drug-likeness (QED) is 0.158. The Balaban J connectivity index is 1.46. The Labute approximate surface area is 286 Å². The minimum atomic E-state index is -1.39. The molecule has 0 bridgehead atoms. The second kappa shape index (κ2) is 14.9. The number of aromatic nitrogens is 1. The fraction of sp³-hybridized carbons (Fsp3) is 0.526. The van der Waals surface area contributed by atoms with Crippen LogP contribution in [0.4, 0.5) is 4.79 Å². The predicted octanol–water partition coefficient (Wildman–Crippen LogP) is 7.82. The fourth-order valence-corrected chi connectivity index (χ4v) is 7.55. The molecule has 2 aliphatic rings. The molecule has 1 N–H and O–H groups in total. The van der Waals surface area contributed by atoms with Gasteiger partial charge in [0.05, 0.1) is 44.9 Å². The van der Waals surface area contributed by atoms with E-state index in [1.54, 1.807) is 31.3 Å².